The van der Waals surface area contributed by atoms with Crippen LogP contribution in [0, 0.1) is 0 Å². The van der Waals surface area contributed by atoms with Gasteiger partial charge in [-0.15, -0.1) is 0 Å². The lowest BCUT2D eigenvalue weighted by atomic mass is 10.0. The van der Waals surface area contributed by atoms with Crippen molar-refractivity contribution < 1.29 is 9.21 Å². The topological polar surface area (TPSA) is 55.1 Å². The lowest BCUT2D eigenvalue weighted by Crippen LogP contribution is -2.14. The van der Waals surface area contributed by atoms with Gasteiger partial charge in [0, 0.05) is 15.1 Å². The first-order chi connectivity index (χ1) is 11.6. The van der Waals surface area contributed by atoms with Crippen molar-refractivity contribution in [1.82, 2.24) is 4.98 Å². The summed E-state index contributed by atoms with van der Waals surface area (Å²) in [7, 11) is 0. The van der Waals surface area contributed by atoms with E-state index in [9.17, 15) is 4.79 Å². The minimum atomic E-state index is -0.261. The Morgan fingerprint density at radius 3 is 2.42 bits per heavy atom. The van der Waals surface area contributed by atoms with Crippen molar-refractivity contribution in [3.05, 3.63) is 81.3 Å². The summed E-state index contributed by atoms with van der Waals surface area (Å²) in [6.45, 7) is 0. The van der Waals surface area contributed by atoms with Gasteiger partial charge < -0.3 is 9.73 Å². The van der Waals surface area contributed by atoms with E-state index >= 15 is 0 Å². The molecule has 4 nitrogen and oxygen atoms in total. The minimum Gasteiger partial charge on any atom is -0.465 e. The number of hydrogen-bond acceptors (Lipinski definition) is 3. The molecule has 1 amide bonds. The zero-order valence-electron chi connectivity index (χ0n) is 12.4. The summed E-state index contributed by atoms with van der Waals surface area (Å²) in [5, 5.41) is 2.80. The lowest BCUT2D eigenvalue weighted by molar-refractivity contribution is -0.111. The molecule has 0 fully saturated rings. The first kappa shape index (κ1) is 16.7. The molecule has 0 radical (unpaired) electrons. The number of aromatic nitrogens is 1. The Hall–Kier alpha value is -2.18. The van der Waals surface area contributed by atoms with Gasteiger partial charge >= 0.3 is 0 Å². The molecule has 0 saturated heterocycles. The van der Waals surface area contributed by atoms with Crippen molar-refractivity contribution >= 4 is 55.2 Å². The average Bonchev–Trinajstić information content (AvgIpc) is 3.09. The van der Waals surface area contributed by atoms with E-state index in [-0.39, 0.29) is 5.91 Å². The number of pyridine rings is 1. The van der Waals surface area contributed by atoms with Crippen molar-refractivity contribution in [2.45, 2.75) is 0 Å². The highest BCUT2D eigenvalue weighted by molar-refractivity contribution is 9.10. The molecule has 0 bridgehead atoms. The zero-order valence-corrected chi connectivity index (χ0v) is 15.5. The highest BCUT2D eigenvalue weighted by atomic mass is 79.9. The van der Waals surface area contributed by atoms with Crippen LogP contribution in [0.25, 0.3) is 11.6 Å². The molecule has 0 saturated carbocycles. The molecule has 0 spiro atoms. The maximum absolute atomic E-state index is 12.7. The molecule has 3 rings (SSSR count). The van der Waals surface area contributed by atoms with Crippen LogP contribution in [-0.4, -0.2) is 10.9 Å². The highest BCUT2D eigenvalue weighted by Gasteiger charge is 2.14. The van der Waals surface area contributed by atoms with E-state index in [4.69, 9.17) is 4.42 Å². The third kappa shape index (κ3) is 4.21. The second kappa shape index (κ2) is 7.59. The lowest BCUT2D eigenvalue weighted by Gasteiger charge is -2.09. The van der Waals surface area contributed by atoms with Crippen LogP contribution < -0.4 is 5.32 Å². The third-order valence-corrected chi connectivity index (χ3v) is 4.20. The van der Waals surface area contributed by atoms with Gasteiger partial charge in [-0.25, -0.2) is 4.98 Å². The SMILES string of the molecule is O=C(Nc1ccc(Br)cn1)/C(=C/c1ccco1)c1ccc(Br)cc1. The Labute approximate surface area is 155 Å². The Kier molecular flexibility index (Phi) is 5.27. The fourth-order valence-corrected chi connectivity index (χ4v) is 2.56. The Morgan fingerprint density at radius 2 is 1.79 bits per heavy atom. The summed E-state index contributed by atoms with van der Waals surface area (Å²) in [5.41, 5.74) is 1.27. The van der Waals surface area contributed by atoms with Crippen LogP contribution in [0.4, 0.5) is 5.82 Å². The summed E-state index contributed by atoms with van der Waals surface area (Å²) in [6.07, 6.45) is 4.90. The summed E-state index contributed by atoms with van der Waals surface area (Å²) < 4.78 is 7.13. The van der Waals surface area contributed by atoms with Gasteiger partial charge in [-0.1, -0.05) is 28.1 Å². The van der Waals surface area contributed by atoms with Gasteiger partial charge in [0.05, 0.1) is 11.8 Å². The highest BCUT2D eigenvalue weighted by Crippen LogP contribution is 2.23. The molecule has 0 unspecified atom stereocenters. The van der Waals surface area contributed by atoms with Crippen LogP contribution in [-0.2, 0) is 4.79 Å². The molecule has 0 aliphatic carbocycles. The average molecular weight is 448 g/mol. The number of benzene rings is 1. The van der Waals surface area contributed by atoms with Crippen LogP contribution >= 0.6 is 31.9 Å². The van der Waals surface area contributed by atoms with Crippen molar-refractivity contribution in [1.29, 1.82) is 0 Å². The number of nitrogens with zero attached hydrogens (tertiary/aromatic N) is 1. The van der Waals surface area contributed by atoms with E-state index in [0.717, 1.165) is 14.5 Å². The van der Waals surface area contributed by atoms with Gasteiger partial charge in [0.1, 0.15) is 11.6 Å². The normalized spacial score (nSPS) is 11.3. The van der Waals surface area contributed by atoms with Crippen LogP contribution in [0.2, 0.25) is 0 Å². The summed E-state index contributed by atoms with van der Waals surface area (Å²) in [4.78, 5) is 16.9. The second-order valence-corrected chi connectivity index (χ2v) is 6.73. The number of carbonyl (C=O) groups is 1. The number of rotatable bonds is 4. The molecular weight excluding hydrogens is 436 g/mol. The number of nitrogens with one attached hydrogen (secondary N) is 1. The van der Waals surface area contributed by atoms with E-state index in [1.165, 1.54) is 0 Å². The van der Waals surface area contributed by atoms with E-state index in [1.807, 2.05) is 30.3 Å². The predicted molar refractivity (Wildman–Crippen MR) is 101 cm³/mol. The number of halogens is 2. The van der Waals surface area contributed by atoms with Crippen molar-refractivity contribution in [2.24, 2.45) is 0 Å². The van der Waals surface area contributed by atoms with Crippen molar-refractivity contribution in [2.75, 3.05) is 5.32 Å². The molecule has 0 aliphatic rings. The molecule has 2 aromatic heterocycles. The smallest absolute Gasteiger partial charge is 0.257 e. The maximum atomic E-state index is 12.7. The Balaban J connectivity index is 1.93. The Morgan fingerprint density at radius 1 is 1.04 bits per heavy atom. The van der Waals surface area contributed by atoms with Crippen LogP contribution in [0.15, 0.2) is 74.4 Å². The molecule has 1 aromatic carbocycles. The zero-order chi connectivity index (χ0) is 16.9. The third-order valence-electron chi connectivity index (χ3n) is 3.20. The summed E-state index contributed by atoms with van der Waals surface area (Å²) in [6, 6.07) is 14.6. The molecule has 1 N–H and O–H groups in total. The molecule has 0 aliphatic heterocycles. The predicted octanol–water partition coefficient (Wildman–Crippen LogP) is 5.38. The van der Waals surface area contributed by atoms with Crippen molar-refractivity contribution in [3.8, 4) is 0 Å². The van der Waals surface area contributed by atoms with Gasteiger partial charge in [-0.05, 0) is 64.0 Å². The second-order valence-electron chi connectivity index (χ2n) is 4.90. The number of furan rings is 1. The molecule has 6 heteroatoms. The van der Waals surface area contributed by atoms with Gasteiger partial charge in [0.25, 0.3) is 5.91 Å². The standard InChI is InChI=1S/C18H12Br2N2O2/c19-13-5-3-12(4-6-13)16(10-15-2-1-9-24-15)18(23)22-17-8-7-14(20)11-21-17/h1-11H,(H,21,22,23)/b16-10+. The van der Waals surface area contributed by atoms with Gasteiger partial charge in [-0.3, -0.25) is 4.79 Å². The van der Waals surface area contributed by atoms with E-state index in [2.05, 4.69) is 42.2 Å². The molecule has 2 heterocycles. The van der Waals surface area contributed by atoms with Crippen LogP contribution in [0.1, 0.15) is 11.3 Å². The first-order valence-corrected chi connectivity index (χ1v) is 8.64. The summed E-state index contributed by atoms with van der Waals surface area (Å²) >= 11 is 6.72. The quantitative estimate of drug-likeness (QED) is 0.546. The van der Waals surface area contributed by atoms with E-state index in [1.54, 1.807) is 36.7 Å². The van der Waals surface area contributed by atoms with Gasteiger partial charge in [0.15, 0.2) is 0 Å². The minimum absolute atomic E-state index is 0.261. The summed E-state index contributed by atoms with van der Waals surface area (Å²) in [5.74, 6) is 0.820. The number of carbonyl (C=O) groups excluding carboxylic acids is 1. The molecule has 24 heavy (non-hydrogen) atoms. The molecule has 0 atom stereocenters. The number of hydrogen-bond donors (Lipinski definition) is 1. The Bertz CT molecular complexity index is 855. The van der Waals surface area contributed by atoms with Crippen LogP contribution in [0.5, 0.6) is 0 Å². The van der Waals surface area contributed by atoms with E-state index < -0.39 is 0 Å². The van der Waals surface area contributed by atoms with E-state index in [0.29, 0.717) is 17.2 Å². The van der Waals surface area contributed by atoms with Crippen LogP contribution in [0.3, 0.4) is 0 Å². The monoisotopic (exact) mass is 446 g/mol. The molecule has 120 valence electrons. The molecular formula is C18H12Br2N2O2. The largest absolute Gasteiger partial charge is 0.465 e. The first-order valence-electron chi connectivity index (χ1n) is 7.06. The number of amides is 1. The van der Waals surface area contributed by atoms with Gasteiger partial charge in [-0.2, -0.15) is 0 Å². The van der Waals surface area contributed by atoms with Crippen molar-refractivity contribution in [3.63, 3.8) is 0 Å². The maximum Gasteiger partial charge on any atom is 0.257 e. The molecule has 3 aromatic rings. The fraction of sp³-hybridized carbons (Fsp3) is 0. The fourth-order valence-electron chi connectivity index (χ4n) is 2.06. The number of anilines is 1. The van der Waals surface area contributed by atoms with Gasteiger partial charge in [0.2, 0.25) is 0 Å².